The van der Waals surface area contributed by atoms with Crippen molar-refractivity contribution in [2.24, 2.45) is 10.9 Å². The SMILES string of the molecule is CCNC(=NCCCN(C)C1CCCCC1)N1CCC(C(=O)OC)CC1. The third-order valence-corrected chi connectivity index (χ3v) is 5.79. The van der Waals surface area contributed by atoms with E-state index in [1.807, 2.05) is 0 Å². The number of guanidine groups is 1. The summed E-state index contributed by atoms with van der Waals surface area (Å²) in [5.74, 6) is 0.969. The summed E-state index contributed by atoms with van der Waals surface area (Å²) in [5.41, 5.74) is 0. The van der Waals surface area contributed by atoms with Crippen molar-refractivity contribution in [2.75, 3.05) is 46.9 Å². The largest absolute Gasteiger partial charge is 0.469 e. The van der Waals surface area contributed by atoms with Crippen LogP contribution < -0.4 is 5.32 Å². The van der Waals surface area contributed by atoms with Crippen LogP contribution in [0.15, 0.2) is 4.99 Å². The molecular formula is C20H38N4O2. The number of esters is 1. The zero-order valence-electron chi connectivity index (χ0n) is 17.0. The lowest BCUT2D eigenvalue weighted by molar-refractivity contribution is -0.146. The fourth-order valence-corrected chi connectivity index (χ4v) is 4.13. The van der Waals surface area contributed by atoms with E-state index < -0.39 is 0 Å². The molecule has 2 fully saturated rings. The minimum Gasteiger partial charge on any atom is -0.469 e. The average molecular weight is 367 g/mol. The second-order valence-electron chi connectivity index (χ2n) is 7.65. The molecule has 0 spiro atoms. The van der Waals surface area contributed by atoms with E-state index in [4.69, 9.17) is 9.73 Å². The zero-order valence-corrected chi connectivity index (χ0v) is 17.0. The van der Waals surface area contributed by atoms with Gasteiger partial charge in [-0.05, 0) is 52.6 Å². The van der Waals surface area contributed by atoms with Crippen molar-refractivity contribution in [3.63, 3.8) is 0 Å². The highest BCUT2D eigenvalue weighted by atomic mass is 16.5. The summed E-state index contributed by atoms with van der Waals surface area (Å²) in [5, 5.41) is 3.41. The second-order valence-corrected chi connectivity index (χ2v) is 7.65. The smallest absolute Gasteiger partial charge is 0.308 e. The molecule has 2 rings (SSSR count). The first-order chi connectivity index (χ1) is 12.7. The van der Waals surface area contributed by atoms with Gasteiger partial charge < -0.3 is 19.9 Å². The Morgan fingerprint density at radius 2 is 1.88 bits per heavy atom. The minimum absolute atomic E-state index is 0.0447. The number of methoxy groups -OCH3 is 1. The van der Waals surface area contributed by atoms with Gasteiger partial charge in [0, 0.05) is 32.2 Å². The van der Waals surface area contributed by atoms with Crippen molar-refractivity contribution in [1.29, 1.82) is 0 Å². The Bertz CT molecular complexity index is 441. The van der Waals surface area contributed by atoms with Crippen LogP contribution in [-0.2, 0) is 9.53 Å². The summed E-state index contributed by atoms with van der Waals surface area (Å²) < 4.78 is 4.88. The van der Waals surface area contributed by atoms with E-state index in [0.29, 0.717) is 0 Å². The van der Waals surface area contributed by atoms with Crippen LogP contribution in [0.1, 0.15) is 58.3 Å². The number of nitrogens with one attached hydrogen (secondary N) is 1. The molecule has 0 aromatic carbocycles. The van der Waals surface area contributed by atoms with Crippen LogP contribution in [0.2, 0.25) is 0 Å². The monoisotopic (exact) mass is 366 g/mol. The molecule has 0 amide bonds. The summed E-state index contributed by atoms with van der Waals surface area (Å²) >= 11 is 0. The molecule has 0 bridgehead atoms. The molecule has 1 heterocycles. The summed E-state index contributed by atoms with van der Waals surface area (Å²) in [6.07, 6.45) is 9.70. The maximum absolute atomic E-state index is 11.7. The summed E-state index contributed by atoms with van der Waals surface area (Å²) in [6, 6.07) is 0.776. The van der Waals surface area contributed by atoms with Crippen molar-refractivity contribution < 1.29 is 9.53 Å². The first-order valence-corrected chi connectivity index (χ1v) is 10.5. The molecule has 1 aliphatic carbocycles. The number of nitrogens with zero attached hydrogens (tertiary/aromatic N) is 3. The maximum Gasteiger partial charge on any atom is 0.308 e. The predicted molar refractivity (Wildman–Crippen MR) is 106 cm³/mol. The number of aliphatic imine (C=N–C) groups is 1. The third-order valence-electron chi connectivity index (χ3n) is 5.79. The van der Waals surface area contributed by atoms with Crippen molar-refractivity contribution in [3.05, 3.63) is 0 Å². The average Bonchev–Trinajstić information content (AvgIpc) is 2.70. The van der Waals surface area contributed by atoms with E-state index >= 15 is 0 Å². The molecule has 150 valence electrons. The Balaban J connectivity index is 1.75. The maximum atomic E-state index is 11.7. The Morgan fingerprint density at radius 1 is 1.19 bits per heavy atom. The van der Waals surface area contributed by atoms with Crippen LogP contribution in [0, 0.1) is 5.92 Å². The Kier molecular flexibility index (Phi) is 9.23. The molecule has 6 nitrogen and oxygen atoms in total. The topological polar surface area (TPSA) is 57.2 Å². The Hall–Kier alpha value is -1.30. The number of carbonyl (C=O) groups is 1. The summed E-state index contributed by atoms with van der Waals surface area (Å²) in [4.78, 5) is 21.3. The van der Waals surface area contributed by atoms with E-state index in [2.05, 4.69) is 29.1 Å². The Morgan fingerprint density at radius 3 is 2.50 bits per heavy atom. The molecule has 1 aliphatic heterocycles. The van der Waals surface area contributed by atoms with Gasteiger partial charge in [0.05, 0.1) is 13.0 Å². The lowest BCUT2D eigenvalue weighted by Crippen LogP contribution is -2.46. The van der Waals surface area contributed by atoms with E-state index in [9.17, 15) is 4.79 Å². The van der Waals surface area contributed by atoms with Crippen molar-refractivity contribution in [2.45, 2.75) is 64.3 Å². The molecule has 1 saturated carbocycles. The van der Waals surface area contributed by atoms with Crippen LogP contribution in [0.4, 0.5) is 0 Å². The number of carbonyl (C=O) groups excluding carboxylic acids is 1. The molecule has 1 N–H and O–H groups in total. The fraction of sp³-hybridized carbons (Fsp3) is 0.900. The van der Waals surface area contributed by atoms with E-state index in [0.717, 1.165) is 64.0 Å². The molecule has 6 heteroatoms. The first kappa shape index (κ1) is 21.0. The van der Waals surface area contributed by atoms with Crippen LogP contribution >= 0.6 is 0 Å². The number of ether oxygens (including phenoxy) is 1. The minimum atomic E-state index is -0.0719. The quantitative estimate of drug-likeness (QED) is 0.325. The van der Waals surface area contributed by atoms with Gasteiger partial charge in [-0.3, -0.25) is 9.79 Å². The number of likely N-dealkylation sites (tertiary alicyclic amines) is 1. The van der Waals surface area contributed by atoms with Gasteiger partial charge in [0.25, 0.3) is 0 Å². The van der Waals surface area contributed by atoms with E-state index in [1.54, 1.807) is 0 Å². The first-order valence-electron chi connectivity index (χ1n) is 10.5. The molecule has 2 aliphatic rings. The summed E-state index contributed by atoms with van der Waals surface area (Å²) in [7, 11) is 3.74. The van der Waals surface area contributed by atoms with Crippen LogP contribution in [0.3, 0.4) is 0 Å². The lowest BCUT2D eigenvalue weighted by atomic mass is 9.94. The highest BCUT2D eigenvalue weighted by Crippen LogP contribution is 2.21. The molecule has 1 saturated heterocycles. The van der Waals surface area contributed by atoms with Gasteiger partial charge in [0.1, 0.15) is 0 Å². The van der Waals surface area contributed by atoms with E-state index in [-0.39, 0.29) is 11.9 Å². The lowest BCUT2D eigenvalue weighted by Gasteiger charge is -2.33. The van der Waals surface area contributed by atoms with Gasteiger partial charge in [0.15, 0.2) is 5.96 Å². The standard InChI is InChI=1S/C20H38N4O2/c1-4-21-20(24-15-11-17(12-16-24)19(25)26-3)22-13-8-14-23(2)18-9-6-5-7-10-18/h17-18H,4-16H2,1-3H3,(H,21,22). The Labute approximate surface area is 159 Å². The summed E-state index contributed by atoms with van der Waals surface area (Å²) in [6.45, 7) is 6.70. The van der Waals surface area contributed by atoms with Crippen LogP contribution in [0.25, 0.3) is 0 Å². The van der Waals surface area contributed by atoms with Gasteiger partial charge in [-0.25, -0.2) is 0 Å². The second kappa shape index (κ2) is 11.4. The molecule has 0 unspecified atom stereocenters. The van der Waals surface area contributed by atoms with Gasteiger partial charge in [-0.15, -0.1) is 0 Å². The predicted octanol–water partition coefficient (Wildman–Crippen LogP) is 2.49. The molecular weight excluding hydrogens is 328 g/mol. The zero-order chi connectivity index (χ0) is 18.8. The number of piperidine rings is 1. The third kappa shape index (κ3) is 6.45. The van der Waals surface area contributed by atoms with Gasteiger partial charge in [-0.2, -0.15) is 0 Å². The van der Waals surface area contributed by atoms with Gasteiger partial charge in [0.2, 0.25) is 0 Å². The van der Waals surface area contributed by atoms with Crippen LogP contribution in [0.5, 0.6) is 0 Å². The highest BCUT2D eigenvalue weighted by Gasteiger charge is 2.27. The molecule has 0 atom stereocenters. The number of hydrogen-bond donors (Lipinski definition) is 1. The number of rotatable bonds is 7. The van der Waals surface area contributed by atoms with Crippen molar-refractivity contribution in [3.8, 4) is 0 Å². The van der Waals surface area contributed by atoms with Crippen LogP contribution in [-0.4, -0.2) is 74.7 Å². The molecule has 0 aromatic heterocycles. The van der Waals surface area contributed by atoms with Crippen molar-refractivity contribution in [1.82, 2.24) is 15.1 Å². The fourth-order valence-electron chi connectivity index (χ4n) is 4.13. The van der Waals surface area contributed by atoms with Gasteiger partial charge >= 0.3 is 5.97 Å². The van der Waals surface area contributed by atoms with E-state index in [1.165, 1.54) is 39.2 Å². The number of hydrogen-bond acceptors (Lipinski definition) is 4. The molecule has 0 aromatic rings. The molecule has 26 heavy (non-hydrogen) atoms. The molecule has 0 radical (unpaired) electrons. The van der Waals surface area contributed by atoms with Crippen molar-refractivity contribution >= 4 is 11.9 Å². The normalized spacial score (nSPS) is 20.5. The highest BCUT2D eigenvalue weighted by molar-refractivity contribution is 5.80. The van der Waals surface area contributed by atoms with Gasteiger partial charge in [-0.1, -0.05) is 19.3 Å².